The smallest absolute Gasteiger partial charge is 0.353 e. The first-order chi connectivity index (χ1) is 26.5. The number of carbonyl (C=O) groups is 3. The topological polar surface area (TPSA) is 138 Å². The number of hydrogen-bond acceptors (Lipinski definition) is 9. The Balaban J connectivity index is 1.58. The molecule has 55 heavy (non-hydrogen) atoms. The number of amides is 2. The third kappa shape index (κ3) is 13.4. The van der Waals surface area contributed by atoms with Gasteiger partial charge in [-0.1, -0.05) is 98.8 Å². The van der Waals surface area contributed by atoms with E-state index in [0.29, 0.717) is 30.3 Å². The monoisotopic (exact) mass is 772 g/mol. The van der Waals surface area contributed by atoms with E-state index < -0.39 is 49.0 Å². The van der Waals surface area contributed by atoms with Gasteiger partial charge in [-0.25, -0.2) is 0 Å². The molecule has 0 aliphatic heterocycles. The Bertz CT molecular complexity index is 1810. The molecule has 0 aliphatic carbocycles. The SMILES string of the molecule is CCOC(=O)C(C(=O)N[C@@H](Cc1ccc(OCc2ccccc2)cc1)C(=O)N[C@@H](Cc1ccc(OCc2ccccc2)cc1)P(=O)(OCC)OCC)C(C)C. The number of hydrogen-bond donors (Lipinski definition) is 2. The first kappa shape index (κ1) is 42.8. The van der Waals surface area contributed by atoms with Gasteiger partial charge in [-0.2, -0.15) is 0 Å². The zero-order valence-corrected chi connectivity index (χ0v) is 33.2. The first-order valence-corrected chi connectivity index (χ1v) is 20.3. The highest BCUT2D eigenvalue weighted by molar-refractivity contribution is 7.54. The van der Waals surface area contributed by atoms with Crippen molar-refractivity contribution in [1.82, 2.24) is 10.6 Å². The van der Waals surface area contributed by atoms with Gasteiger partial charge in [0.05, 0.1) is 19.8 Å². The lowest BCUT2D eigenvalue weighted by molar-refractivity contribution is -0.154. The van der Waals surface area contributed by atoms with E-state index in [0.717, 1.165) is 16.7 Å². The van der Waals surface area contributed by atoms with Crippen molar-refractivity contribution in [2.24, 2.45) is 11.8 Å². The van der Waals surface area contributed by atoms with Crippen LogP contribution in [-0.2, 0) is 58.8 Å². The Hall–Kier alpha value is -4.96. The molecule has 0 aromatic heterocycles. The quantitative estimate of drug-likeness (QED) is 0.0469. The fraction of sp³-hybridized carbons (Fsp3) is 0.372. The predicted molar refractivity (Wildman–Crippen MR) is 212 cm³/mol. The van der Waals surface area contributed by atoms with Crippen LogP contribution in [0.4, 0.5) is 0 Å². The second-order valence-corrected chi connectivity index (χ2v) is 15.4. The summed E-state index contributed by atoms with van der Waals surface area (Å²) in [5.74, 6) is -3.37. The lowest BCUT2D eigenvalue weighted by Gasteiger charge is -2.29. The van der Waals surface area contributed by atoms with Crippen molar-refractivity contribution in [2.75, 3.05) is 19.8 Å². The minimum absolute atomic E-state index is 0.0535. The molecule has 4 rings (SSSR count). The minimum atomic E-state index is -3.94. The Morgan fingerprint density at radius 1 is 0.582 bits per heavy atom. The fourth-order valence-corrected chi connectivity index (χ4v) is 7.73. The van der Waals surface area contributed by atoms with Gasteiger partial charge in [0.2, 0.25) is 11.8 Å². The molecule has 2 N–H and O–H groups in total. The van der Waals surface area contributed by atoms with Crippen LogP contribution in [0.5, 0.6) is 11.5 Å². The van der Waals surface area contributed by atoms with E-state index in [1.54, 1.807) is 58.9 Å². The molecule has 0 radical (unpaired) electrons. The highest BCUT2D eigenvalue weighted by Gasteiger charge is 2.40. The standard InChI is InChI=1S/C43H53N2O9P/c1-6-50-43(48)40(31(4)5)42(47)44-38(27-32-19-23-36(24-20-32)51-29-34-15-11-9-12-16-34)41(46)45-39(55(49,53-7-2)54-8-3)28-33-21-25-37(26-22-33)52-30-35-17-13-10-14-18-35/h9-26,31,38-40H,6-8,27-30H2,1-5H3,(H,44,47)(H,45,46)/t38-,39+,40?/m0/s1. The summed E-state index contributed by atoms with van der Waals surface area (Å²) in [6.45, 7) is 9.55. The van der Waals surface area contributed by atoms with Crippen molar-refractivity contribution < 1.29 is 42.2 Å². The third-order valence-corrected chi connectivity index (χ3v) is 11.0. The Morgan fingerprint density at radius 2 is 1.05 bits per heavy atom. The maximum absolute atomic E-state index is 14.3. The summed E-state index contributed by atoms with van der Waals surface area (Å²) in [4.78, 5) is 40.9. The molecular weight excluding hydrogens is 719 g/mol. The molecular formula is C43H53N2O9P. The number of nitrogens with one attached hydrogen (secondary N) is 2. The van der Waals surface area contributed by atoms with Crippen molar-refractivity contribution in [3.8, 4) is 11.5 Å². The minimum Gasteiger partial charge on any atom is -0.489 e. The van der Waals surface area contributed by atoms with Gasteiger partial charge in [0, 0.05) is 12.8 Å². The molecule has 294 valence electrons. The molecule has 4 aromatic rings. The van der Waals surface area contributed by atoms with E-state index in [4.69, 9.17) is 23.3 Å². The summed E-state index contributed by atoms with van der Waals surface area (Å²) in [7, 11) is -3.94. The molecule has 2 amide bonds. The van der Waals surface area contributed by atoms with Crippen molar-refractivity contribution in [3.05, 3.63) is 131 Å². The first-order valence-electron chi connectivity index (χ1n) is 18.7. The molecule has 0 aliphatic rings. The van der Waals surface area contributed by atoms with Gasteiger partial charge in [0.25, 0.3) is 0 Å². The number of ether oxygens (including phenoxy) is 3. The van der Waals surface area contributed by atoms with Gasteiger partial charge in [0.1, 0.15) is 42.5 Å². The van der Waals surface area contributed by atoms with Crippen LogP contribution >= 0.6 is 7.60 Å². The zero-order valence-electron chi connectivity index (χ0n) is 32.3. The van der Waals surface area contributed by atoms with Gasteiger partial charge in [-0.3, -0.25) is 18.9 Å². The maximum Gasteiger partial charge on any atom is 0.353 e. The number of rotatable bonds is 22. The Labute approximate surface area is 324 Å². The normalized spacial score (nSPS) is 13.0. The van der Waals surface area contributed by atoms with Crippen molar-refractivity contribution in [1.29, 1.82) is 0 Å². The van der Waals surface area contributed by atoms with E-state index in [1.807, 2.05) is 84.9 Å². The summed E-state index contributed by atoms with van der Waals surface area (Å²) < 4.78 is 42.8. The van der Waals surface area contributed by atoms with E-state index in [1.165, 1.54) is 0 Å². The molecule has 0 saturated carbocycles. The largest absolute Gasteiger partial charge is 0.489 e. The summed E-state index contributed by atoms with van der Waals surface area (Å²) in [6, 6.07) is 32.9. The zero-order chi connectivity index (χ0) is 39.6. The van der Waals surface area contributed by atoms with Crippen molar-refractivity contribution in [3.63, 3.8) is 0 Å². The molecule has 11 nitrogen and oxygen atoms in total. The van der Waals surface area contributed by atoms with Crippen molar-refractivity contribution >= 4 is 25.4 Å². The molecule has 0 spiro atoms. The van der Waals surface area contributed by atoms with Crippen LogP contribution in [0.1, 0.15) is 56.9 Å². The lowest BCUT2D eigenvalue weighted by atomic mass is 9.94. The van der Waals surface area contributed by atoms with Crippen LogP contribution in [-0.4, -0.2) is 49.4 Å². The molecule has 3 atom stereocenters. The van der Waals surface area contributed by atoms with Gasteiger partial charge >= 0.3 is 13.6 Å². The second-order valence-electron chi connectivity index (χ2n) is 13.2. The van der Waals surface area contributed by atoms with Gasteiger partial charge in [-0.15, -0.1) is 0 Å². The van der Waals surface area contributed by atoms with E-state index in [-0.39, 0.29) is 32.7 Å². The van der Waals surface area contributed by atoms with Gasteiger partial charge in [-0.05, 0) is 73.2 Å². The molecule has 0 bridgehead atoms. The lowest BCUT2D eigenvalue weighted by Crippen LogP contribution is -2.53. The number of esters is 1. The molecule has 0 heterocycles. The molecule has 4 aromatic carbocycles. The Morgan fingerprint density at radius 3 is 1.49 bits per heavy atom. The summed E-state index contributed by atoms with van der Waals surface area (Å²) >= 11 is 0. The van der Waals surface area contributed by atoms with Crippen LogP contribution in [0, 0.1) is 11.8 Å². The molecule has 0 saturated heterocycles. The van der Waals surface area contributed by atoms with E-state index in [2.05, 4.69) is 10.6 Å². The van der Waals surface area contributed by atoms with E-state index >= 15 is 0 Å². The summed E-state index contributed by atoms with van der Waals surface area (Å²) in [5.41, 5.74) is 3.50. The fourth-order valence-electron chi connectivity index (χ4n) is 5.85. The van der Waals surface area contributed by atoms with Gasteiger partial charge < -0.3 is 33.9 Å². The molecule has 1 unspecified atom stereocenters. The third-order valence-electron chi connectivity index (χ3n) is 8.64. The van der Waals surface area contributed by atoms with Crippen LogP contribution in [0.15, 0.2) is 109 Å². The second kappa shape index (κ2) is 21.8. The van der Waals surface area contributed by atoms with Gasteiger partial charge in [0.15, 0.2) is 0 Å². The maximum atomic E-state index is 14.3. The predicted octanol–water partition coefficient (Wildman–Crippen LogP) is 7.66. The van der Waals surface area contributed by atoms with Crippen LogP contribution < -0.4 is 20.1 Å². The van der Waals surface area contributed by atoms with Crippen LogP contribution in [0.2, 0.25) is 0 Å². The highest BCUT2D eigenvalue weighted by atomic mass is 31.2. The van der Waals surface area contributed by atoms with Crippen molar-refractivity contribution in [2.45, 2.75) is 72.5 Å². The Kier molecular flexibility index (Phi) is 17.0. The molecule has 12 heteroatoms. The average molecular weight is 773 g/mol. The van der Waals surface area contributed by atoms with Crippen LogP contribution in [0.3, 0.4) is 0 Å². The highest BCUT2D eigenvalue weighted by Crippen LogP contribution is 2.53. The van der Waals surface area contributed by atoms with Crippen LogP contribution in [0.25, 0.3) is 0 Å². The number of carbonyl (C=O) groups excluding carboxylic acids is 3. The van der Waals surface area contributed by atoms with E-state index in [9.17, 15) is 18.9 Å². The molecule has 0 fully saturated rings. The summed E-state index contributed by atoms with van der Waals surface area (Å²) in [6.07, 6.45) is 0.144. The number of benzene rings is 4. The summed E-state index contributed by atoms with van der Waals surface area (Å²) in [5, 5.41) is 5.69. The average Bonchev–Trinajstić information content (AvgIpc) is 3.18.